The molecule has 0 saturated heterocycles. The molecule has 0 aromatic carbocycles. The molecule has 0 aliphatic rings. The Bertz CT molecular complexity index is 244. The zero-order valence-corrected chi connectivity index (χ0v) is 11.0. The van der Waals surface area contributed by atoms with E-state index >= 15 is 0 Å². The van der Waals surface area contributed by atoms with Gasteiger partial charge in [-0.25, -0.2) is 0 Å². The quantitative estimate of drug-likeness (QED) is 0.609. The van der Waals surface area contributed by atoms with E-state index in [-0.39, 0.29) is 12.0 Å². The maximum atomic E-state index is 9.69. The topological polar surface area (TPSA) is 20.2 Å². The molecule has 1 nitrogen and oxygen atoms in total. The van der Waals surface area contributed by atoms with E-state index in [4.69, 9.17) is 0 Å². The van der Waals surface area contributed by atoms with E-state index in [1.807, 2.05) is 25.2 Å². The van der Waals surface area contributed by atoms with E-state index in [0.29, 0.717) is 0 Å². The minimum atomic E-state index is -0.0999. The average Bonchev–Trinajstić information content (AvgIpc) is 2.34. The highest BCUT2D eigenvalue weighted by molar-refractivity contribution is 5.29. The smallest absolute Gasteiger partial charge is 0.0527 e. The van der Waals surface area contributed by atoms with Crippen molar-refractivity contribution in [2.24, 2.45) is 5.41 Å². The lowest BCUT2D eigenvalue weighted by Crippen LogP contribution is -2.26. The molecule has 0 amide bonds. The van der Waals surface area contributed by atoms with E-state index in [0.717, 1.165) is 31.3 Å². The Morgan fingerprint density at radius 1 is 1.38 bits per heavy atom. The second-order valence-corrected chi connectivity index (χ2v) is 4.25. The summed E-state index contributed by atoms with van der Waals surface area (Å²) in [6.07, 6.45) is 12.3. The molecule has 0 fully saturated rings. The van der Waals surface area contributed by atoms with E-state index in [9.17, 15) is 5.11 Å². The first-order chi connectivity index (χ1) is 7.70. The molecular formula is C15H26O. The van der Waals surface area contributed by atoms with Gasteiger partial charge in [0.05, 0.1) is 6.61 Å². The fourth-order valence-electron chi connectivity index (χ4n) is 1.98. The molecule has 1 unspecified atom stereocenters. The highest BCUT2D eigenvalue weighted by Gasteiger charge is 2.29. The third-order valence-corrected chi connectivity index (χ3v) is 3.29. The summed E-state index contributed by atoms with van der Waals surface area (Å²) < 4.78 is 0. The minimum Gasteiger partial charge on any atom is -0.395 e. The minimum absolute atomic E-state index is 0.0999. The van der Waals surface area contributed by atoms with Gasteiger partial charge in [0.2, 0.25) is 0 Å². The lowest BCUT2D eigenvalue weighted by atomic mass is 9.74. The second kappa shape index (κ2) is 8.35. The van der Waals surface area contributed by atoms with Crippen LogP contribution < -0.4 is 0 Å². The Labute approximate surface area is 101 Å². The summed E-state index contributed by atoms with van der Waals surface area (Å²) in [6.45, 7) is 10.4. The lowest BCUT2D eigenvalue weighted by molar-refractivity contribution is 0.144. The van der Waals surface area contributed by atoms with Crippen molar-refractivity contribution in [1.82, 2.24) is 0 Å². The predicted molar refractivity (Wildman–Crippen MR) is 72.4 cm³/mol. The van der Waals surface area contributed by atoms with Crippen molar-refractivity contribution in [1.29, 1.82) is 0 Å². The summed E-state index contributed by atoms with van der Waals surface area (Å²) in [7, 11) is 0. The van der Waals surface area contributed by atoms with E-state index in [2.05, 4.69) is 26.5 Å². The van der Waals surface area contributed by atoms with Crippen LogP contribution in [0.2, 0.25) is 0 Å². The fraction of sp³-hybridized carbons (Fsp3) is 0.600. The third kappa shape index (κ3) is 3.97. The Balaban J connectivity index is 5.03. The Kier molecular flexibility index (Phi) is 7.92. The van der Waals surface area contributed by atoms with Crippen LogP contribution in [0.3, 0.4) is 0 Å². The number of hydrogen-bond acceptors (Lipinski definition) is 1. The molecule has 0 spiro atoms. The monoisotopic (exact) mass is 222 g/mol. The molecule has 0 aromatic heterocycles. The molecule has 1 N–H and O–H groups in total. The van der Waals surface area contributed by atoms with Crippen LogP contribution in [0.4, 0.5) is 0 Å². The zero-order chi connectivity index (χ0) is 12.4. The van der Waals surface area contributed by atoms with Crippen LogP contribution >= 0.6 is 0 Å². The molecule has 1 atom stereocenters. The third-order valence-electron chi connectivity index (χ3n) is 3.29. The van der Waals surface area contributed by atoms with Gasteiger partial charge in [0, 0.05) is 5.41 Å². The van der Waals surface area contributed by atoms with Crippen LogP contribution in [0, 0.1) is 5.41 Å². The normalized spacial score (nSPS) is 16.4. The summed E-state index contributed by atoms with van der Waals surface area (Å²) in [5.74, 6) is 0. The Hall–Kier alpha value is -0.820. The number of unbranched alkanes of at least 4 members (excludes halogenated alkanes) is 1. The van der Waals surface area contributed by atoms with Crippen LogP contribution in [0.25, 0.3) is 0 Å². The van der Waals surface area contributed by atoms with Crippen molar-refractivity contribution in [3.63, 3.8) is 0 Å². The molecule has 92 valence electrons. The predicted octanol–water partition coefficient (Wildman–Crippen LogP) is 4.25. The number of aliphatic hydroxyl groups excluding tert-OH is 1. The van der Waals surface area contributed by atoms with Gasteiger partial charge in [0.1, 0.15) is 0 Å². The van der Waals surface area contributed by atoms with Crippen molar-refractivity contribution in [2.75, 3.05) is 6.61 Å². The molecule has 0 aliphatic carbocycles. The zero-order valence-electron chi connectivity index (χ0n) is 11.0. The molecule has 0 saturated carbocycles. The summed E-state index contributed by atoms with van der Waals surface area (Å²) in [5, 5.41) is 9.69. The van der Waals surface area contributed by atoms with E-state index < -0.39 is 0 Å². The SMILES string of the molecule is C=C/C(=C\C=C/C)C(CC)(CO)CCCC. The number of allylic oxidation sites excluding steroid dienone is 4. The summed E-state index contributed by atoms with van der Waals surface area (Å²) in [4.78, 5) is 0. The van der Waals surface area contributed by atoms with Crippen LogP contribution in [0.1, 0.15) is 46.5 Å². The van der Waals surface area contributed by atoms with Crippen LogP contribution in [-0.4, -0.2) is 11.7 Å². The van der Waals surface area contributed by atoms with Crippen molar-refractivity contribution < 1.29 is 5.11 Å². The summed E-state index contributed by atoms with van der Waals surface area (Å²) in [6, 6.07) is 0. The highest BCUT2D eigenvalue weighted by Crippen LogP contribution is 2.37. The van der Waals surface area contributed by atoms with Gasteiger partial charge in [0.25, 0.3) is 0 Å². The van der Waals surface area contributed by atoms with Crippen LogP contribution in [0.5, 0.6) is 0 Å². The van der Waals surface area contributed by atoms with E-state index in [1.165, 1.54) is 0 Å². The lowest BCUT2D eigenvalue weighted by Gasteiger charge is -2.32. The molecule has 0 radical (unpaired) electrons. The van der Waals surface area contributed by atoms with Crippen molar-refractivity contribution in [3.05, 3.63) is 36.5 Å². The van der Waals surface area contributed by atoms with E-state index in [1.54, 1.807) is 0 Å². The van der Waals surface area contributed by atoms with Crippen molar-refractivity contribution in [3.8, 4) is 0 Å². The molecule has 0 rings (SSSR count). The number of hydrogen-bond donors (Lipinski definition) is 1. The molecular weight excluding hydrogens is 196 g/mol. The summed E-state index contributed by atoms with van der Waals surface area (Å²) >= 11 is 0. The van der Waals surface area contributed by atoms with Gasteiger partial charge in [0.15, 0.2) is 0 Å². The van der Waals surface area contributed by atoms with Crippen LogP contribution in [-0.2, 0) is 0 Å². The number of rotatable bonds is 8. The molecule has 0 aliphatic heterocycles. The maximum absolute atomic E-state index is 9.69. The molecule has 0 aromatic rings. The van der Waals surface area contributed by atoms with Gasteiger partial charge >= 0.3 is 0 Å². The Morgan fingerprint density at radius 3 is 2.44 bits per heavy atom. The van der Waals surface area contributed by atoms with Gasteiger partial charge in [-0.05, 0) is 25.3 Å². The first-order valence-corrected chi connectivity index (χ1v) is 6.27. The summed E-state index contributed by atoms with van der Waals surface area (Å²) in [5.41, 5.74) is 1.06. The molecule has 1 heteroatoms. The standard InChI is InChI=1S/C15H26O/c1-5-9-11-14(7-3)15(8-4,13-16)12-10-6-2/h5,7,9,11,16H,3,6,8,10,12-13H2,1-2,4H3/b9-5-,14-11+. The van der Waals surface area contributed by atoms with Gasteiger partial charge in [-0.3, -0.25) is 0 Å². The largest absolute Gasteiger partial charge is 0.395 e. The molecule has 0 heterocycles. The maximum Gasteiger partial charge on any atom is 0.0527 e. The van der Waals surface area contributed by atoms with Crippen molar-refractivity contribution in [2.45, 2.75) is 46.5 Å². The first kappa shape index (κ1) is 15.2. The van der Waals surface area contributed by atoms with Gasteiger partial charge in [-0.1, -0.05) is 57.6 Å². The second-order valence-electron chi connectivity index (χ2n) is 4.25. The molecule has 16 heavy (non-hydrogen) atoms. The Morgan fingerprint density at radius 2 is 2.06 bits per heavy atom. The fourth-order valence-corrected chi connectivity index (χ4v) is 1.98. The van der Waals surface area contributed by atoms with Gasteiger partial charge in [-0.15, -0.1) is 0 Å². The van der Waals surface area contributed by atoms with Crippen molar-refractivity contribution >= 4 is 0 Å². The average molecular weight is 222 g/mol. The number of aliphatic hydroxyl groups is 1. The van der Waals surface area contributed by atoms with Gasteiger partial charge < -0.3 is 5.11 Å². The highest BCUT2D eigenvalue weighted by atomic mass is 16.3. The van der Waals surface area contributed by atoms with Gasteiger partial charge in [-0.2, -0.15) is 0 Å². The first-order valence-electron chi connectivity index (χ1n) is 6.27. The van der Waals surface area contributed by atoms with Crippen LogP contribution in [0.15, 0.2) is 36.5 Å². The molecule has 0 bridgehead atoms.